The number of carbonyl (C=O) groups excluding carboxylic acids is 2. The molecule has 1 atom stereocenters. The number of pyridine rings is 1. The first-order chi connectivity index (χ1) is 19.5. The van der Waals surface area contributed by atoms with Crippen LogP contribution in [0.2, 0.25) is 0 Å². The number of amides is 2. The Bertz CT molecular complexity index is 1300. The van der Waals surface area contributed by atoms with E-state index in [2.05, 4.69) is 15.6 Å². The number of hydrogen-bond donors (Lipinski definition) is 2. The van der Waals surface area contributed by atoms with Crippen LogP contribution in [0.5, 0.6) is 0 Å². The van der Waals surface area contributed by atoms with Gasteiger partial charge < -0.3 is 20.3 Å². The number of nitrogens with one attached hydrogen (secondary N) is 2. The molecule has 2 heterocycles. The van der Waals surface area contributed by atoms with Crippen LogP contribution in [0.25, 0.3) is 0 Å². The second-order valence-corrected chi connectivity index (χ2v) is 11.2. The first-order valence-electron chi connectivity index (χ1n) is 13.6. The van der Waals surface area contributed by atoms with E-state index in [-0.39, 0.29) is 24.2 Å². The molecule has 3 aromatic rings. The maximum atomic E-state index is 14.9. The third kappa shape index (κ3) is 8.53. The Kier molecular flexibility index (Phi) is 9.65. The van der Waals surface area contributed by atoms with E-state index in [1.54, 1.807) is 29.2 Å². The van der Waals surface area contributed by atoms with Gasteiger partial charge in [-0.3, -0.25) is 9.78 Å². The summed E-state index contributed by atoms with van der Waals surface area (Å²) in [5.74, 6) is -2.24. The number of halogens is 3. The van der Waals surface area contributed by atoms with E-state index < -0.39 is 34.9 Å². The molecule has 1 saturated heterocycles. The van der Waals surface area contributed by atoms with Gasteiger partial charge in [0.1, 0.15) is 23.1 Å². The fraction of sp³-hybridized carbons (Fsp3) is 0.387. The quantitative estimate of drug-likeness (QED) is 0.359. The fourth-order valence-corrected chi connectivity index (χ4v) is 4.86. The maximum Gasteiger partial charge on any atom is 0.410 e. The first-order valence-corrected chi connectivity index (χ1v) is 13.6. The van der Waals surface area contributed by atoms with Gasteiger partial charge in [0.25, 0.3) is 0 Å². The van der Waals surface area contributed by atoms with Gasteiger partial charge in [0.05, 0.1) is 18.1 Å². The summed E-state index contributed by atoms with van der Waals surface area (Å²) in [5, 5.41) is 6.15. The molecule has 1 aliphatic heterocycles. The minimum Gasteiger partial charge on any atom is -0.444 e. The van der Waals surface area contributed by atoms with E-state index in [1.165, 1.54) is 30.5 Å². The molecule has 1 unspecified atom stereocenters. The van der Waals surface area contributed by atoms with Gasteiger partial charge in [0.15, 0.2) is 0 Å². The van der Waals surface area contributed by atoms with Crippen molar-refractivity contribution in [3.05, 3.63) is 95.1 Å². The van der Waals surface area contributed by atoms with E-state index in [0.29, 0.717) is 49.2 Å². The van der Waals surface area contributed by atoms with E-state index in [4.69, 9.17) is 4.74 Å². The number of ether oxygens (including phenoxy) is 1. The van der Waals surface area contributed by atoms with Crippen LogP contribution >= 0.6 is 0 Å². The van der Waals surface area contributed by atoms with Gasteiger partial charge in [0.2, 0.25) is 5.91 Å². The molecule has 10 heteroatoms. The molecule has 1 aromatic heterocycles. The van der Waals surface area contributed by atoms with Crippen molar-refractivity contribution in [2.24, 2.45) is 0 Å². The summed E-state index contributed by atoms with van der Waals surface area (Å²) in [4.78, 5) is 31.3. The average molecular weight is 569 g/mol. The summed E-state index contributed by atoms with van der Waals surface area (Å²) in [6, 6.07) is 11.5. The predicted octanol–water partition coefficient (Wildman–Crippen LogP) is 5.80. The smallest absolute Gasteiger partial charge is 0.410 e. The first kappa shape index (κ1) is 30.0. The van der Waals surface area contributed by atoms with Gasteiger partial charge in [-0.05, 0) is 69.0 Å². The molecule has 0 radical (unpaired) electrons. The SMILES string of the molecule is CC(C)(C)OC(=O)N1CCNC(CCc2c(F)cncc2NC(=O)CC(c2ccc(F)cc2)c2ccc(F)cc2)C1. The average Bonchev–Trinajstić information content (AvgIpc) is 2.92. The van der Waals surface area contributed by atoms with Crippen molar-refractivity contribution < 1.29 is 27.5 Å². The lowest BCUT2D eigenvalue weighted by Gasteiger charge is -2.35. The largest absolute Gasteiger partial charge is 0.444 e. The number of rotatable bonds is 8. The van der Waals surface area contributed by atoms with Gasteiger partial charge in [-0.1, -0.05) is 24.3 Å². The van der Waals surface area contributed by atoms with Crippen LogP contribution in [0.4, 0.5) is 23.7 Å². The molecule has 0 aliphatic carbocycles. The van der Waals surface area contributed by atoms with Crippen molar-refractivity contribution in [1.29, 1.82) is 0 Å². The molecular weight excluding hydrogens is 533 g/mol. The molecule has 4 rings (SSSR count). The molecule has 1 aliphatic rings. The zero-order valence-electron chi connectivity index (χ0n) is 23.4. The van der Waals surface area contributed by atoms with Crippen molar-refractivity contribution >= 4 is 17.7 Å². The zero-order valence-corrected chi connectivity index (χ0v) is 23.4. The number of anilines is 1. The summed E-state index contributed by atoms with van der Waals surface area (Å²) < 4.78 is 47.5. The van der Waals surface area contributed by atoms with Crippen molar-refractivity contribution in [2.75, 3.05) is 25.0 Å². The Hall–Kier alpha value is -3.92. The Morgan fingerprint density at radius 2 is 1.63 bits per heavy atom. The molecule has 0 spiro atoms. The summed E-state index contributed by atoms with van der Waals surface area (Å²) in [6.07, 6.45) is 2.89. The Balaban J connectivity index is 1.44. The van der Waals surface area contributed by atoms with Crippen molar-refractivity contribution in [3.8, 4) is 0 Å². The van der Waals surface area contributed by atoms with Crippen molar-refractivity contribution in [3.63, 3.8) is 0 Å². The third-order valence-electron chi connectivity index (χ3n) is 6.86. The van der Waals surface area contributed by atoms with Crippen molar-refractivity contribution in [1.82, 2.24) is 15.2 Å². The number of carbonyl (C=O) groups is 2. The fourth-order valence-electron chi connectivity index (χ4n) is 4.86. The van der Waals surface area contributed by atoms with Crippen LogP contribution in [0.3, 0.4) is 0 Å². The van der Waals surface area contributed by atoms with Gasteiger partial charge in [0, 0.05) is 43.6 Å². The number of piperazine rings is 1. The van der Waals surface area contributed by atoms with Crippen LogP contribution in [-0.4, -0.2) is 53.2 Å². The second-order valence-electron chi connectivity index (χ2n) is 11.2. The Labute approximate surface area is 238 Å². The van der Waals surface area contributed by atoms with Crippen molar-refractivity contribution in [2.45, 2.75) is 57.6 Å². The van der Waals surface area contributed by atoms with Crippen LogP contribution in [0.1, 0.15) is 56.2 Å². The zero-order chi connectivity index (χ0) is 29.6. The van der Waals surface area contributed by atoms with E-state index in [0.717, 1.165) is 6.20 Å². The second kappa shape index (κ2) is 13.2. The molecule has 0 bridgehead atoms. The molecule has 7 nitrogen and oxygen atoms in total. The highest BCUT2D eigenvalue weighted by Gasteiger charge is 2.28. The third-order valence-corrected chi connectivity index (χ3v) is 6.86. The summed E-state index contributed by atoms with van der Waals surface area (Å²) in [7, 11) is 0. The normalized spacial score (nSPS) is 15.6. The lowest BCUT2D eigenvalue weighted by Crippen LogP contribution is -2.53. The van der Waals surface area contributed by atoms with E-state index in [9.17, 15) is 22.8 Å². The van der Waals surface area contributed by atoms with Gasteiger partial charge in [-0.25, -0.2) is 18.0 Å². The van der Waals surface area contributed by atoms with Gasteiger partial charge in [-0.15, -0.1) is 0 Å². The number of nitrogens with zero attached hydrogens (tertiary/aromatic N) is 2. The predicted molar refractivity (Wildman–Crippen MR) is 150 cm³/mol. The topological polar surface area (TPSA) is 83.6 Å². The van der Waals surface area contributed by atoms with Crippen LogP contribution in [-0.2, 0) is 16.0 Å². The van der Waals surface area contributed by atoms with E-state index in [1.807, 2.05) is 20.8 Å². The monoisotopic (exact) mass is 568 g/mol. The van der Waals surface area contributed by atoms with E-state index >= 15 is 0 Å². The van der Waals surface area contributed by atoms with Gasteiger partial charge in [-0.2, -0.15) is 0 Å². The minimum atomic E-state index is -0.600. The summed E-state index contributed by atoms with van der Waals surface area (Å²) in [5.41, 5.74) is 1.33. The van der Waals surface area contributed by atoms with Crippen LogP contribution in [0.15, 0.2) is 60.9 Å². The Morgan fingerprint density at radius 1 is 1.02 bits per heavy atom. The van der Waals surface area contributed by atoms with Gasteiger partial charge >= 0.3 is 6.09 Å². The number of benzene rings is 2. The molecule has 1 fully saturated rings. The lowest BCUT2D eigenvalue weighted by atomic mass is 9.88. The molecule has 2 amide bonds. The minimum absolute atomic E-state index is 0.0394. The standard InChI is InChI=1S/C31H35F3N4O3/c1-31(2,3)41-30(40)38-15-14-36-24(19-38)12-13-25-27(34)17-35-18-28(25)37-29(39)16-26(20-4-8-22(32)9-5-20)21-6-10-23(33)11-7-21/h4-11,17-18,24,26,36H,12-16,19H2,1-3H3,(H,37,39). The molecule has 0 saturated carbocycles. The summed E-state index contributed by atoms with van der Waals surface area (Å²) in [6.45, 7) is 6.96. The molecule has 41 heavy (non-hydrogen) atoms. The highest BCUT2D eigenvalue weighted by Crippen LogP contribution is 2.30. The Morgan fingerprint density at radius 3 is 2.22 bits per heavy atom. The summed E-state index contributed by atoms with van der Waals surface area (Å²) >= 11 is 0. The molecule has 2 aromatic carbocycles. The van der Waals surface area contributed by atoms with Crippen LogP contribution in [0, 0.1) is 17.5 Å². The highest BCUT2D eigenvalue weighted by molar-refractivity contribution is 5.92. The van der Waals surface area contributed by atoms with Crippen LogP contribution < -0.4 is 10.6 Å². The molecule has 218 valence electrons. The number of aromatic nitrogens is 1. The molecular formula is C31H35F3N4O3. The maximum absolute atomic E-state index is 14.9. The lowest BCUT2D eigenvalue weighted by molar-refractivity contribution is -0.116. The highest BCUT2D eigenvalue weighted by atomic mass is 19.1. The molecule has 2 N–H and O–H groups in total. The number of hydrogen-bond acceptors (Lipinski definition) is 5.